The van der Waals surface area contributed by atoms with E-state index in [1.807, 2.05) is 30.3 Å². The molecule has 1 aliphatic heterocycles. The van der Waals surface area contributed by atoms with Gasteiger partial charge in [-0.3, -0.25) is 4.79 Å². The predicted octanol–water partition coefficient (Wildman–Crippen LogP) is 2.48. The van der Waals surface area contributed by atoms with Gasteiger partial charge in [0.2, 0.25) is 6.79 Å². The van der Waals surface area contributed by atoms with Crippen LogP contribution in [-0.2, 0) is 9.53 Å². The van der Waals surface area contributed by atoms with Crippen molar-refractivity contribution in [1.82, 2.24) is 5.32 Å². The zero-order valence-corrected chi connectivity index (χ0v) is 14.2. The molecule has 0 saturated heterocycles. The predicted molar refractivity (Wildman–Crippen MR) is 93.0 cm³/mol. The number of rotatable bonds is 7. The van der Waals surface area contributed by atoms with Crippen molar-refractivity contribution in [2.45, 2.75) is 4.90 Å². The number of hydrogen-bond donors (Lipinski definition) is 1. The normalized spacial score (nSPS) is 11.8. The zero-order chi connectivity index (χ0) is 17.5. The van der Waals surface area contributed by atoms with Gasteiger partial charge in [-0.05, 0) is 30.3 Å². The van der Waals surface area contributed by atoms with E-state index in [0.29, 0.717) is 23.6 Å². The fourth-order valence-electron chi connectivity index (χ4n) is 2.17. The Bertz CT molecular complexity index is 750. The second-order valence-corrected chi connectivity index (χ2v) is 6.32. The van der Waals surface area contributed by atoms with Crippen LogP contribution in [0.5, 0.6) is 11.5 Å². The highest BCUT2D eigenvalue weighted by Crippen LogP contribution is 2.32. The Hall–Kier alpha value is -2.67. The molecule has 0 aromatic heterocycles. The van der Waals surface area contributed by atoms with E-state index in [4.69, 9.17) is 14.2 Å². The summed E-state index contributed by atoms with van der Waals surface area (Å²) < 4.78 is 15.4. The van der Waals surface area contributed by atoms with Gasteiger partial charge in [-0.1, -0.05) is 18.2 Å². The Kier molecular flexibility index (Phi) is 5.79. The second kappa shape index (κ2) is 8.43. The molecule has 0 atom stereocenters. The number of carbonyl (C=O) groups is 2. The molecule has 0 saturated carbocycles. The first-order chi connectivity index (χ1) is 12.2. The van der Waals surface area contributed by atoms with Crippen molar-refractivity contribution in [3.8, 4) is 11.5 Å². The maximum absolute atomic E-state index is 12.0. The largest absolute Gasteiger partial charge is 0.454 e. The summed E-state index contributed by atoms with van der Waals surface area (Å²) in [5.74, 6) is 0.920. The van der Waals surface area contributed by atoms with Crippen LogP contribution in [0.25, 0.3) is 0 Å². The van der Waals surface area contributed by atoms with Crippen molar-refractivity contribution in [1.29, 1.82) is 0 Å². The summed E-state index contributed by atoms with van der Waals surface area (Å²) in [4.78, 5) is 24.8. The van der Waals surface area contributed by atoms with Crippen LogP contribution in [0.4, 0.5) is 0 Å². The van der Waals surface area contributed by atoms with Crippen LogP contribution in [0.2, 0.25) is 0 Å². The smallest absolute Gasteiger partial charge is 0.338 e. The summed E-state index contributed by atoms with van der Waals surface area (Å²) >= 11 is 1.65. The molecule has 0 spiro atoms. The Labute approximate surface area is 149 Å². The molecule has 2 aromatic rings. The number of esters is 1. The topological polar surface area (TPSA) is 73.9 Å². The van der Waals surface area contributed by atoms with Crippen LogP contribution < -0.4 is 14.8 Å². The summed E-state index contributed by atoms with van der Waals surface area (Å²) in [6.45, 7) is 0.320. The average molecular weight is 359 g/mol. The van der Waals surface area contributed by atoms with Crippen LogP contribution in [-0.4, -0.2) is 37.6 Å². The van der Waals surface area contributed by atoms with Crippen molar-refractivity contribution in [2.75, 3.05) is 25.7 Å². The van der Waals surface area contributed by atoms with E-state index in [1.54, 1.807) is 30.0 Å². The Balaban J connectivity index is 1.36. The van der Waals surface area contributed by atoms with Crippen LogP contribution in [0.1, 0.15) is 10.4 Å². The first-order valence-electron chi connectivity index (χ1n) is 7.74. The van der Waals surface area contributed by atoms with E-state index in [-0.39, 0.29) is 19.3 Å². The summed E-state index contributed by atoms with van der Waals surface area (Å²) in [7, 11) is 0. The summed E-state index contributed by atoms with van der Waals surface area (Å²) in [6, 6.07) is 14.7. The maximum Gasteiger partial charge on any atom is 0.338 e. The van der Waals surface area contributed by atoms with Gasteiger partial charge < -0.3 is 19.5 Å². The lowest BCUT2D eigenvalue weighted by Gasteiger charge is -2.07. The first-order valence-corrected chi connectivity index (χ1v) is 8.72. The minimum atomic E-state index is -0.577. The highest BCUT2D eigenvalue weighted by molar-refractivity contribution is 7.99. The molecule has 0 aliphatic carbocycles. The number of fused-ring (bicyclic) bond motifs is 1. The van der Waals surface area contributed by atoms with Gasteiger partial charge in [0.25, 0.3) is 5.91 Å². The van der Waals surface area contributed by atoms with Gasteiger partial charge in [0.15, 0.2) is 18.1 Å². The molecule has 0 radical (unpaired) electrons. The van der Waals surface area contributed by atoms with Gasteiger partial charge in [-0.2, -0.15) is 0 Å². The highest BCUT2D eigenvalue weighted by Gasteiger charge is 2.17. The molecule has 1 amide bonds. The van der Waals surface area contributed by atoms with Crippen LogP contribution in [0.3, 0.4) is 0 Å². The lowest BCUT2D eigenvalue weighted by molar-refractivity contribution is -0.124. The summed E-state index contributed by atoms with van der Waals surface area (Å²) in [5, 5.41) is 2.72. The van der Waals surface area contributed by atoms with E-state index >= 15 is 0 Å². The van der Waals surface area contributed by atoms with Gasteiger partial charge in [-0.15, -0.1) is 11.8 Å². The molecule has 0 fully saturated rings. The van der Waals surface area contributed by atoms with E-state index in [2.05, 4.69) is 5.32 Å². The number of thioether (sulfide) groups is 1. The molecule has 7 heteroatoms. The van der Waals surface area contributed by atoms with E-state index < -0.39 is 5.97 Å². The molecule has 1 heterocycles. The second-order valence-electron chi connectivity index (χ2n) is 5.16. The third-order valence-electron chi connectivity index (χ3n) is 3.38. The Morgan fingerprint density at radius 2 is 1.88 bits per heavy atom. The fourth-order valence-corrected chi connectivity index (χ4v) is 2.95. The minimum Gasteiger partial charge on any atom is -0.454 e. The van der Waals surface area contributed by atoms with Crippen molar-refractivity contribution < 1.29 is 23.8 Å². The van der Waals surface area contributed by atoms with Crippen LogP contribution in [0.15, 0.2) is 53.4 Å². The molecule has 25 heavy (non-hydrogen) atoms. The Morgan fingerprint density at radius 3 is 2.72 bits per heavy atom. The third kappa shape index (κ3) is 4.90. The van der Waals surface area contributed by atoms with Gasteiger partial charge in [0.1, 0.15) is 0 Å². The van der Waals surface area contributed by atoms with E-state index in [0.717, 1.165) is 10.6 Å². The molecule has 0 unspecified atom stereocenters. The molecule has 1 N–H and O–H groups in total. The van der Waals surface area contributed by atoms with Crippen LogP contribution >= 0.6 is 11.8 Å². The molecule has 0 bridgehead atoms. The van der Waals surface area contributed by atoms with Crippen molar-refractivity contribution in [2.24, 2.45) is 0 Å². The molecule has 2 aromatic carbocycles. The molecular weight excluding hydrogens is 342 g/mol. The number of ether oxygens (including phenoxy) is 3. The third-order valence-corrected chi connectivity index (χ3v) is 4.39. The highest BCUT2D eigenvalue weighted by atomic mass is 32.2. The molecule has 3 rings (SSSR count). The zero-order valence-electron chi connectivity index (χ0n) is 13.4. The van der Waals surface area contributed by atoms with Crippen molar-refractivity contribution in [3.05, 3.63) is 54.1 Å². The lowest BCUT2D eigenvalue weighted by atomic mass is 10.2. The molecular formula is C18H17NO5S. The molecule has 6 nitrogen and oxygen atoms in total. The van der Waals surface area contributed by atoms with Gasteiger partial charge in [0, 0.05) is 17.2 Å². The maximum atomic E-state index is 12.0. The minimum absolute atomic E-state index is 0.136. The van der Waals surface area contributed by atoms with E-state index in [9.17, 15) is 9.59 Å². The fraction of sp³-hybridized carbons (Fsp3) is 0.222. The Morgan fingerprint density at radius 1 is 1.08 bits per heavy atom. The lowest BCUT2D eigenvalue weighted by Crippen LogP contribution is -2.30. The number of carbonyl (C=O) groups excluding carboxylic acids is 2. The van der Waals surface area contributed by atoms with Crippen molar-refractivity contribution >= 4 is 23.6 Å². The van der Waals surface area contributed by atoms with Gasteiger partial charge >= 0.3 is 5.97 Å². The summed E-state index contributed by atoms with van der Waals surface area (Å²) in [5.41, 5.74) is 0.316. The van der Waals surface area contributed by atoms with Gasteiger partial charge in [0.05, 0.1) is 5.56 Å². The standard InChI is InChI=1S/C18H17NO5S/c20-17(19-8-9-25-14-4-2-1-3-5-14)11-22-18(21)13-6-7-15-16(10-13)24-12-23-15/h1-7,10H,8-9,11-12H2,(H,19,20). The average Bonchev–Trinajstić information content (AvgIpc) is 3.12. The molecule has 1 aliphatic rings. The number of benzene rings is 2. The van der Waals surface area contributed by atoms with E-state index in [1.165, 1.54) is 0 Å². The first kappa shape index (κ1) is 17.2. The number of hydrogen-bond acceptors (Lipinski definition) is 6. The van der Waals surface area contributed by atoms with Gasteiger partial charge in [-0.25, -0.2) is 4.79 Å². The summed E-state index contributed by atoms with van der Waals surface area (Å²) in [6.07, 6.45) is 0. The quantitative estimate of drug-likeness (QED) is 0.465. The van der Waals surface area contributed by atoms with Crippen molar-refractivity contribution in [3.63, 3.8) is 0 Å². The number of nitrogens with one attached hydrogen (secondary N) is 1. The SMILES string of the molecule is O=C(COC(=O)c1ccc2c(c1)OCO2)NCCSc1ccccc1. The monoisotopic (exact) mass is 359 g/mol. The number of amides is 1. The van der Waals surface area contributed by atoms with Crippen LogP contribution in [0, 0.1) is 0 Å². The molecule has 130 valence electrons.